The lowest BCUT2D eigenvalue weighted by molar-refractivity contribution is 0.527. The van der Waals surface area contributed by atoms with Gasteiger partial charge in [0.05, 0.1) is 10.9 Å². The smallest absolute Gasteiger partial charge is 0.146 e. The van der Waals surface area contributed by atoms with Crippen molar-refractivity contribution in [2.24, 2.45) is 0 Å². The van der Waals surface area contributed by atoms with Crippen LogP contribution in [0, 0.1) is 11.6 Å². The topological polar surface area (TPSA) is 35.1 Å². The summed E-state index contributed by atoms with van der Waals surface area (Å²) in [4.78, 5) is 0.447. The monoisotopic (exact) mass is 317 g/mol. The number of thiophene rings is 1. The first-order valence-electron chi connectivity index (χ1n) is 6.25. The molecule has 2 rings (SSSR count). The number of fused-ring (bicyclic) bond motifs is 1. The molecule has 0 aliphatic rings. The summed E-state index contributed by atoms with van der Waals surface area (Å²) < 4.78 is 42.6. The van der Waals surface area contributed by atoms with Gasteiger partial charge < -0.3 is 4.55 Å². The van der Waals surface area contributed by atoms with E-state index in [1.165, 1.54) is 29.5 Å². The molecule has 0 bridgehead atoms. The van der Waals surface area contributed by atoms with Crippen LogP contribution in [-0.2, 0) is 11.4 Å². The Morgan fingerprint density at radius 2 is 1.95 bits per heavy atom. The second-order valence-corrected chi connectivity index (χ2v) is 8.72. The number of benzene rings is 1. The van der Waals surface area contributed by atoms with Crippen LogP contribution in [0.2, 0.25) is 0 Å². The second-order valence-electron chi connectivity index (χ2n) is 5.64. The Bertz CT molecular complexity index is 621. The zero-order valence-electron chi connectivity index (χ0n) is 11.8. The Morgan fingerprint density at radius 1 is 1.30 bits per heavy atom. The molecule has 2 nitrogen and oxygen atoms in total. The molecule has 110 valence electrons. The molecule has 6 heteroatoms. The fourth-order valence-electron chi connectivity index (χ4n) is 1.73. The van der Waals surface area contributed by atoms with Gasteiger partial charge in [-0.2, -0.15) is 0 Å². The Hall–Kier alpha value is -0.690. The van der Waals surface area contributed by atoms with Crippen molar-refractivity contribution in [2.75, 3.05) is 0 Å². The minimum atomic E-state index is -1.29. The molecule has 1 unspecified atom stereocenters. The van der Waals surface area contributed by atoms with Crippen molar-refractivity contribution in [1.82, 2.24) is 4.72 Å². The third kappa shape index (κ3) is 3.14. The molecule has 1 heterocycles. The van der Waals surface area contributed by atoms with Gasteiger partial charge in [0.25, 0.3) is 0 Å². The van der Waals surface area contributed by atoms with Gasteiger partial charge in [-0.25, -0.2) is 8.78 Å². The molecule has 0 spiro atoms. The third-order valence-corrected chi connectivity index (χ3v) is 5.84. The van der Waals surface area contributed by atoms with Gasteiger partial charge in [-0.1, -0.05) is 0 Å². The van der Waals surface area contributed by atoms with Crippen LogP contribution in [0.1, 0.15) is 38.6 Å². The van der Waals surface area contributed by atoms with Crippen LogP contribution in [0.4, 0.5) is 8.78 Å². The summed E-state index contributed by atoms with van der Waals surface area (Å²) in [7, 11) is 0. The highest BCUT2D eigenvalue weighted by atomic mass is 32.2. The van der Waals surface area contributed by atoms with E-state index in [1.54, 1.807) is 6.92 Å². The molecule has 2 aromatic rings. The Labute approximate surface area is 124 Å². The summed E-state index contributed by atoms with van der Waals surface area (Å²) >= 11 is -0.0995. The van der Waals surface area contributed by atoms with Gasteiger partial charge in [0.2, 0.25) is 0 Å². The lowest BCUT2D eigenvalue weighted by Gasteiger charge is -2.26. The quantitative estimate of drug-likeness (QED) is 0.857. The van der Waals surface area contributed by atoms with Crippen LogP contribution in [-0.4, -0.2) is 9.30 Å². The fraction of sp³-hybridized carbons (Fsp3) is 0.429. The van der Waals surface area contributed by atoms with E-state index in [2.05, 4.69) is 4.72 Å². The van der Waals surface area contributed by atoms with Crippen molar-refractivity contribution in [3.8, 4) is 0 Å². The van der Waals surface area contributed by atoms with Crippen molar-refractivity contribution in [3.63, 3.8) is 0 Å². The SMILES string of the molecule is C[C@@H](N[S+]([O-])C(C)(C)C)c1sc2cc(F)ccc2c1F. The Kier molecular flexibility index (Phi) is 4.39. The normalized spacial score (nSPS) is 15.6. The zero-order chi connectivity index (χ0) is 15.1. The molecule has 2 atom stereocenters. The van der Waals surface area contributed by atoms with Crippen molar-refractivity contribution < 1.29 is 13.3 Å². The lowest BCUT2D eigenvalue weighted by Crippen LogP contribution is -2.40. The molecule has 0 radical (unpaired) electrons. The van der Waals surface area contributed by atoms with Gasteiger partial charge in [0.1, 0.15) is 16.4 Å². The maximum Gasteiger partial charge on any atom is 0.146 e. The second kappa shape index (κ2) is 5.60. The lowest BCUT2D eigenvalue weighted by atomic mass is 10.2. The van der Waals surface area contributed by atoms with Crippen LogP contribution < -0.4 is 4.72 Å². The average Bonchev–Trinajstić information content (AvgIpc) is 2.65. The van der Waals surface area contributed by atoms with E-state index < -0.39 is 22.2 Å². The van der Waals surface area contributed by atoms with Crippen molar-refractivity contribution in [1.29, 1.82) is 0 Å². The largest absolute Gasteiger partial charge is 0.598 e. The van der Waals surface area contributed by atoms with Crippen LogP contribution >= 0.6 is 11.3 Å². The number of halogens is 2. The van der Waals surface area contributed by atoms with Crippen LogP contribution in [0.25, 0.3) is 10.1 Å². The zero-order valence-corrected chi connectivity index (χ0v) is 13.4. The molecule has 1 N–H and O–H groups in total. The molecule has 0 saturated carbocycles. The first-order valence-corrected chi connectivity index (χ1v) is 8.22. The van der Waals surface area contributed by atoms with E-state index >= 15 is 0 Å². The summed E-state index contributed by atoms with van der Waals surface area (Å²) in [5.74, 6) is -0.750. The van der Waals surface area contributed by atoms with E-state index in [4.69, 9.17) is 0 Å². The summed E-state index contributed by atoms with van der Waals surface area (Å²) in [6.45, 7) is 7.30. The highest BCUT2D eigenvalue weighted by Gasteiger charge is 2.30. The number of hydrogen-bond donors (Lipinski definition) is 1. The summed E-state index contributed by atoms with van der Waals surface area (Å²) in [6.07, 6.45) is 0. The van der Waals surface area contributed by atoms with E-state index in [-0.39, 0.29) is 11.6 Å². The van der Waals surface area contributed by atoms with Crippen LogP contribution in [0.3, 0.4) is 0 Å². The predicted molar refractivity (Wildman–Crippen MR) is 81.2 cm³/mol. The van der Waals surface area contributed by atoms with E-state index in [0.717, 1.165) is 0 Å². The molecular formula is C14H17F2NOS2. The standard InChI is InChI=1S/C14H17F2NOS2/c1-8(17-20(18)14(2,3)4)13-12(16)10-6-5-9(15)7-11(10)19-13/h5-8,17H,1-4H3/t8-,20?/m1/s1. The van der Waals surface area contributed by atoms with Crippen molar-refractivity contribution in [3.05, 3.63) is 34.7 Å². The summed E-state index contributed by atoms with van der Waals surface area (Å²) in [6, 6.07) is 3.61. The average molecular weight is 317 g/mol. The molecule has 0 amide bonds. The third-order valence-electron chi connectivity index (χ3n) is 2.85. The molecule has 0 aliphatic carbocycles. The first-order chi connectivity index (χ1) is 9.20. The highest BCUT2D eigenvalue weighted by molar-refractivity contribution is 7.90. The van der Waals surface area contributed by atoms with Crippen LogP contribution in [0.5, 0.6) is 0 Å². The molecular weight excluding hydrogens is 300 g/mol. The summed E-state index contributed by atoms with van der Waals surface area (Å²) in [5.41, 5.74) is 0. The molecule has 20 heavy (non-hydrogen) atoms. The maximum absolute atomic E-state index is 14.3. The highest BCUT2D eigenvalue weighted by Crippen LogP contribution is 2.35. The maximum atomic E-state index is 14.3. The Balaban J connectivity index is 2.31. The summed E-state index contributed by atoms with van der Waals surface area (Å²) in [5, 5.41) is 0.404. The number of hydrogen-bond acceptors (Lipinski definition) is 3. The molecule has 1 aromatic carbocycles. The Morgan fingerprint density at radius 3 is 2.55 bits per heavy atom. The predicted octanol–water partition coefficient (Wildman–Crippen LogP) is 4.29. The van der Waals surface area contributed by atoms with Gasteiger partial charge >= 0.3 is 0 Å². The number of rotatable bonds is 3. The fourth-order valence-corrected chi connectivity index (χ4v) is 3.71. The van der Waals surface area contributed by atoms with Gasteiger partial charge in [-0.05, 0) is 45.9 Å². The van der Waals surface area contributed by atoms with E-state index in [1.807, 2.05) is 20.8 Å². The molecule has 0 saturated heterocycles. The minimum absolute atomic E-state index is 0.365. The molecule has 1 aromatic heterocycles. The first kappa shape index (κ1) is 15.7. The molecule has 0 fully saturated rings. The van der Waals surface area contributed by atoms with E-state index in [0.29, 0.717) is 15.0 Å². The van der Waals surface area contributed by atoms with Gasteiger partial charge in [0.15, 0.2) is 0 Å². The van der Waals surface area contributed by atoms with Crippen molar-refractivity contribution >= 4 is 32.8 Å². The number of nitrogens with one attached hydrogen (secondary N) is 1. The molecule has 0 aliphatic heterocycles. The van der Waals surface area contributed by atoms with Gasteiger partial charge in [-0.3, -0.25) is 0 Å². The van der Waals surface area contributed by atoms with E-state index in [9.17, 15) is 13.3 Å². The minimum Gasteiger partial charge on any atom is -0.598 e. The van der Waals surface area contributed by atoms with Crippen molar-refractivity contribution in [2.45, 2.75) is 38.5 Å². The van der Waals surface area contributed by atoms with Gasteiger partial charge in [0, 0.05) is 21.4 Å². The van der Waals surface area contributed by atoms with Gasteiger partial charge in [-0.15, -0.1) is 16.1 Å². The van der Waals surface area contributed by atoms with Crippen LogP contribution in [0.15, 0.2) is 18.2 Å².